The minimum Gasteiger partial charge on any atom is -0.383 e. The highest BCUT2D eigenvalue weighted by Gasteiger charge is 2.11. The molecular formula is C13H15N3. The Bertz CT molecular complexity index is 471. The molecule has 0 radical (unpaired) electrons. The lowest BCUT2D eigenvalue weighted by Gasteiger charge is -2.10. The van der Waals surface area contributed by atoms with E-state index in [1.54, 1.807) is 12.2 Å². The summed E-state index contributed by atoms with van der Waals surface area (Å²) in [6.45, 7) is 12.9. The van der Waals surface area contributed by atoms with Crippen molar-refractivity contribution in [3.8, 4) is 0 Å². The number of hydrogen-bond donors (Lipinski definition) is 1. The van der Waals surface area contributed by atoms with Gasteiger partial charge in [0.1, 0.15) is 5.82 Å². The van der Waals surface area contributed by atoms with Crippen LogP contribution in [0.15, 0.2) is 24.2 Å². The third-order valence-electron chi connectivity index (χ3n) is 2.19. The average Bonchev–Trinajstić information content (AvgIpc) is 2.28. The molecule has 0 unspecified atom stereocenters. The Labute approximate surface area is 95.7 Å². The zero-order chi connectivity index (χ0) is 12.1. The number of pyridine rings is 1. The van der Waals surface area contributed by atoms with Gasteiger partial charge in [0, 0.05) is 11.1 Å². The highest BCUT2D eigenvalue weighted by Crippen LogP contribution is 2.32. The van der Waals surface area contributed by atoms with Crippen molar-refractivity contribution in [2.45, 2.75) is 6.92 Å². The summed E-state index contributed by atoms with van der Waals surface area (Å²) in [4.78, 5) is 8.24. The molecule has 0 bridgehead atoms. The van der Waals surface area contributed by atoms with Gasteiger partial charge in [-0.3, -0.25) is 4.99 Å². The third kappa shape index (κ3) is 1.93. The van der Waals surface area contributed by atoms with Crippen LogP contribution in [0.2, 0.25) is 0 Å². The maximum Gasteiger partial charge on any atom is 0.133 e. The number of anilines is 1. The van der Waals surface area contributed by atoms with Gasteiger partial charge in [0.15, 0.2) is 0 Å². The molecule has 0 saturated carbocycles. The summed E-state index contributed by atoms with van der Waals surface area (Å²) >= 11 is 0. The Hall–Kier alpha value is -2.16. The van der Waals surface area contributed by atoms with Crippen LogP contribution in [0.5, 0.6) is 0 Å². The van der Waals surface area contributed by atoms with Gasteiger partial charge in [0.05, 0.1) is 11.4 Å². The molecule has 0 fully saturated rings. The fourth-order valence-corrected chi connectivity index (χ4v) is 1.50. The van der Waals surface area contributed by atoms with Crippen molar-refractivity contribution in [1.29, 1.82) is 0 Å². The van der Waals surface area contributed by atoms with Gasteiger partial charge in [-0.05, 0) is 19.7 Å². The predicted octanol–water partition coefficient (Wildman–Crippen LogP) is 3.32. The van der Waals surface area contributed by atoms with Crippen LogP contribution in [0.4, 0.5) is 11.5 Å². The Morgan fingerprint density at radius 2 is 1.88 bits per heavy atom. The van der Waals surface area contributed by atoms with E-state index in [1.165, 1.54) is 0 Å². The Kier molecular flexibility index (Phi) is 3.78. The second kappa shape index (κ2) is 5.07. The Balaban J connectivity index is 3.69. The molecule has 0 aliphatic carbocycles. The van der Waals surface area contributed by atoms with Crippen molar-refractivity contribution in [3.63, 3.8) is 0 Å². The van der Waals surface area contributed by atoms with Crippen molar-refractivity contribution in [3.05, 3.63) is 36.1 Å². The Morgan fingerprint density at radius 3 is 2.31 bits per heavy atom. The summed E-state index contributed by atoms with van der Waals surface area (Å²) in [6, 6.07) is 0. The lowest BCUT2D eigenvalue weighted by Crippen LogP contribution is -1.99. The highest BCUT2D eigenvalue weighted by molar-refractivity contribution is 5.84. The van der Waals surface area contributed by atoms with E-state index in [0.717, 1.165) is 11.3 Å². The smallest absolute Gasteiger partial charge is 0.133 e. The first-order valence-corrected chi connectivity index (χ1v) is 4.87. The molecular weight excluding hydrogens is 198 g/mol. The van der Waals surface area contributed by atoms with Gasteiger partial charge in [-0.2, -0.15) is 0 Å². The number of aromatic nitrogens is 1. The van der Waals surface area contributed by atoms with Gasteiger partial charge >= 0.3 is 0 Å². The molecule has 1 heterocycles. The van der Waals surface area contributed by atoms with Gasteiger partial charge in [-0.15, -0.1) is 0 Å². The lowest BCUT2D eigenvalue weighted by molar-refractivity contribution is 1.27. The second-order valence-electron chi connectivity index (χ2n) is 3.12. The number of nitrogen functional groups attached to an aromatic ring is 1. The van der Waals surface area contributed by atoms with Crippen LogP contribution in [-0.2, 0) is 0 Å². The molecule has 1 aromatic rings. The molecule has 2 N–H and O–H groups in total. The van der Waals surface area contributed by atoms with E-state index in [-0.39, 0.29) is 0 Å². The van der Waals surface area contributed by atoms with E-state index in [0.29, 0.717) is 17.1 Å². The quantitative estimate of drug-likeness (QED) is 0.780. The standard InChI is InChI=1S/C13H15N3/c1-5-8-11-9(6-2)12(15-4)10(7-3)13(14)16-11/h5-8H,2-4H2,1H3,(H2,14,16)/b8-5-. The number of rotatable bonds is 4. The van der Waals surface area contributed by atoms with Crippen LogP contribution < -0.4 is 5.73 Å². The maximum absolute atomic E-state index is 5.82. The average molecular weight is 213 g/mol. The molecule has 0 aromatic carbocycles. The molecule has 0 aliphatic rings. The lowest BCUT2D eigenvalue weighted by atomic mass is 10.1. The molecule has 0 atom stereocenters. The van der Waals surface area contributed by atoms with Crippen LogP contribution in [-0.4, -0.2) is 11.7 Å². The third-order valence-corrected chi connectivity index (χ3v) is 2.19. The zero-order valence-corrected chi connectivity index (χ0v) is 9.40. The summed E-state index contributed by atoms with van der Waals surface area (Å²) in [7, 11) is 0. The van der Waals surface area contributed by atoms with E-state index in [1.807, 2.05) is 19.1 Å². The first-order chi connectivity index (χ1) is 7.69. The fraction of sp³-hybridized carbons (Fsp3) is 0.0769. The molecule has 82 valence electrons. The number of hydrogen-bond acceptors (Lipinski definition) is 3. The van der Waals surface area contributed by atoms with E-state index in [2.05, 4.69) is 29.9 Å². The molecule has 0 saturated heterocycles. The van der Waals surface area contributed by atoms with Crippen LogP contribution >= 0.6 is 0 Å². The highest BCUT2D eigenvalue weighted by atomic mass is 14.9. The molecule has 3 nitrogen and oxygen atoms in total. The van der Waals surface area contributed by atoms with Gasteiger partial charge < -0.3 is 5.73 Å². The van der Waals surface area contributed by atoms with Crippen LogP contribution in [0.25, 0.3) is 18.2 Å². The fourth-order valence-electron chi connectivity index (χ4n) is 1.50. The van der Waals surface area contributed by atoms with Crippen molar-refractivity contribution in [2.75, 3.05) is 5.73 Å². The molecule has 16 heavy (non-hydrogen) atoms. The molecule has 0 spiro atoms. The van der Waals surface area contributed by atoms with Gasteiger partial charge in [0.2, 0.25) is 0 Å². The SMILES string of the molecule is C=Cc1c(N)nc(/C=C\C)c(C=C)c1N=C. The summed E-state index contributed by atoms with van der Waals surface area (Å²) in [5.74, 6) is 0.399. The van der Waals surface area contributed by atoms with Gasteiger partial charge in [-0.25, -0.2) is 4.98 Å². The number of aliphatic imine (C=N–C) groups is 1. The van der Waals surface area contributed by atoms with Gasteiger partial charge in [0.25, 0.3) is 0 Å². The summed E-state index contributed by atoms with van der Waals surface area (Å²) < 4.78 is 0. The minimum atomic E-state index is 0.399. The van der Waals surface area contributed by atoms with Crippen LogP contribution in [0.3, 0.4) is 0 Å². The minimum absolute atomic E-state index is 0.399. The molecule has 0 aliphatic heterocycles. The summed E-state index contributed by atoms with van der Waals surface area (Å²) in [6.07, 6.45) is 7.06. The van der Waals surface area contributed by atoms with Gasteiger partial charge in [-0.1, -0.05) is 31.4 Å². The monoisotopic (exact) mass is 213 g/mol. The normalized spacial score (nSPS) is 10.3. The number of allylic oxidation sites excluding steroid dienone is 1. The topological polar surface area (TPSA) is 51.3 Å². The van der Waals surface area contributed by atoms with Crippen molar-refractivity contribution in [2.24, 2.45) is 4.99 Å². The van der Waals surface area contributed by atoms with Crippen LogP contribution in [0, 0.1) is 0 Å². The largest absolute Gasteiger partial charge is 0.383 e. The predicted molar refractivity (Wildman–Crippen MR) is 72.7 cm³/mol. The van der Waals surface area contributed by atoms with Crippen LogP contribution in [0.1, 0.15) is 23.7 Å². The van der Waals surface area contributed by atoms with Crippen molar-refractivity contribution < 1.29 is 0 Å². The summed E-state index contributed by atoms with van der Waals surface area (Å²) in [5, 5.41) is 0. The molecule has 3 heteroatoms. The maximum atomic E-state index is 5.82. The number of nitrogens with two attached hydrogens (primary N) is 1. The first-order valence-electron chi connectivity index (χ1n) is 4.87. The molecule has 1 rings (SSSR count). The number of nitrogens with zero attached hydrogens (tertiary/aromatic N) is 2. The molecule has 0 amide bonds. The molecule has 1 aromatic heterocycles. The summed E-state index contributed by atoms with van der Waals surface area (Å²) in [5.41, 5.74) is 8.74. The van der Waals surface area contributed by atoms with Crippen molar-refractivity contribution >= 4 is 36.5 Å². The zero-order valence-electron chi connectivity index (χ0n) is 9.40. The van der Waals surface area contributed by atoms with E-state index in [4.69, 9.17) is 5.73 Å². The van der Waals surface area contributed by atoms with E-state index >= 15 is 0 Å². The first kappa shape index (κ1) is 11.9. The van der Waals surface area contributed by atoms with E-state index < -0.39 is 0 Å². The Morgan fingerprint density at radius 1 is 1.25 bits per heavy atom. The van der Waals surface area contributed by atoms with E-state index in [9.17, 15) is 0 Å². The second-order valence-corrected chi connectivity index (χ2v) is 3.12. The van der Waals surface area contributed by atoms with Crippen molar-refractivity contribution in [1.82, 2.24) is 4.98 Å².